The summed E-state index contributed by atoms with van der Waals surface area (Å²) in [5, 5.41) is 0. The summed E-state index contributed by atoms with van der Waals surface area (Å²) in [4.78, 5) is 2.43. The molecule has 17 heavy (non-hydrogen) atoms. The third kappa shape index (κ3) is 3.85. The van der Waals surface area contributed by atoms with Crippen molar-refractivity contribution in [3.8, 4) is 0 Å². The zero-order chi connectivity index (χ0) is 12.8. The van der Waals surface area contributed by atoms with E-state index in [0.717, 1.165) is 5.92 Å². The molecule has 1 aliphatic heterocycles. The van der Waals surface area contributed by atoms with Crippen molar-refractivity contribution >= 4 is 0 Å². The summed E-state index contributed by atoms with van der Waals surface area (Å²) < 4.78 is 0. The Morgan fingerprint density at radius 2 is 1.59 bits per heavy atom. The highest BCUT2D eigenvalue weighted by Crippen LogP contribution is 2.28. The fraction of sp³-hybridized carbons (Fsp3) is 0.625. The number of benzene rings is 1. The molecular formula is C16H27N. The van der Waals surface area contributed by atoms with Gasteiger partial charge in [-0.05, 0) is 69.4 Å². The average Bonchev–Trinajstić information content (AvgIpc) is 2.36. The Morgan fingerprint density at radius 1 is 1.00 bits per heavy atom. The molecule has 1 fully saturated rings. The van der Waals surface area contributed by atoms with E-state index in [1.807, 2.05) is 13.8 Å². The van der Waals surface area contributed by atoms with Crippen LogP contribution in [0.1, 0.15) is 49.3 Å². The van der Waals surface area contributed by atoms with E-state index < -0.39 is 0 Å². The van der Waals surface area contributed by atoms with E-state index in [-0.39, 0.29) is 0 Å². The van der Waals surface area contributed by atoms with Gasteiger partial charge in [-0.15, -0.1) is 0 Å². The van der Waals surface area contributed by atoms with Crippen molar-refractivity contribution in [2.45, 2.75) is 46.5 Å². The third-order valence-electron chi connectivity index (χ3n) is 3.72. The number of aryl methyl sites for hydroxylation is 2. The predicted molar refractivity (Wildman–Crippen MR) is 76.7 cm³/mol. The molecule has 0 aliphatic carbocycles. The number of hydrogen-bond donors (Lipinski definition) is 0. The minimum absolute atomic E-state index is 0.792. The molecule has 1 heterocycles. The lowest BCUT2D eigenvalue weighted by molar-refractivity contribution is 0.255. The van der Waals surface area contributed by atoms with E-state index in [9.17, 15) is 0 Å². The molecule has 0 saturated carbocycles. The maximum absolute atomic E-state index is 2.43. The Kier molecular flexibility index (Phi) is 5.70. The zero-order valence-electron chi connectivity index (χ0n) is 12.1. The van der Waals surface area contributed by atoms with E-state index >= 15 is 0 Å². The van der Waals surface area contributed by atoms with E-state index in [0.29, 0.717) is 0 Å². The molecule has 0 atom stereocenters. The normalized spacial score (nSPS) is 17.5. The largest absolute Gasteiger partial charge is 0.306 e. The Morgan fingerprint density at radius 3 is 2.12 bits per heavy atom. The second-order valence-electron chi connectivity index (χ2n) is 4.92. The summed E-state index contributed by atoms with van der Waals surface area (Å²) in [6, 6.07) is 6.96. The Balaban J connectivity index is 0.000000686. The first-order chi connectivity index (χ1) is 8.16. The molecule has 1 saturated heterocycles. The van der Waals surface area contributed by atoms with Crippen LogP contribution in [0.5, 0.6) is 0 Å². The maximum atomic E-state index is 2.43. The summed E-state index contributed by atoms with van der Waals surface area (Å²) in [5.74, 6) is 0.792. The maximum Gasteiger partial charge on any atom is -0.00159 e. The molecule has 1 heteroatoms. The fourth-order valence-corrected chi connectivity index (χ4v) is 2.36. The van der Waals surface area contributed by atoms with Gasteiger partial charge in [0.2, 0.25) is 0 Å². The van der Waals surface area contributed by atoms with Crippen molar-refractivity contribution in [1.82, 2.24) is 4.90 Å². The molecule has 0 radical (unpaired) electrons. The number of rotatable bonds is 1. The van der Waals surface area contributed by atoms with Crippen LogP contribution in [0.3, 0.4) is 0 Å². The molecule has 1 aromatic rings. The molecule has 1 aliphatic rings. The second kappa shape index (κ2) is 6.80. The van der Waals surface area contributed by atoms with Crippen molar-refractivity contribution < 1.29 is 0 Å². The SMILES string of the molecule is CC.Cc1ccc(C2CCN(C)CC2)cc1C. The van der Waals surface area contributed by atoms with Crippen LogP contribution in [0.25, 0.3) is 0 Å². The molecule has 0 aromatic heterocycles. The highest BCUT2D eigenvalue weighted by molar-refractivity contribution is 5.32. The Bertz CT molecular complexity index is 335. The predicted octanol–water partition coefficient (Wildman–Crippen LogP) is 4.14. The van der Waals surface area contributed by atoms with Gasteiger partial charge in [0.1, 0.15) is 0 Å². The van der Waals surface area contributed by atoms with Crippen LogP contribution >= 0.6 is 0 Å². The molecule has 0 unspecified atom stereocenters. The summed E-state index contributed by atoms with van der Waals surface area (Å²) in [7, 11) is 2.22. The van der Waals surface area contributed by atoms with E-state index in [1.54, 1.807) is 5.56 Å². The number of likely N-dealkylation sites (tertiary alicyclic amines) is 1. The molecule has 0 amide bonds. The van der Waals surface area contributed by atoms with Gasteiger partial charge in [-0.1, -0.05) is 32.0 Å². The molecule has 2 rings (SSSR count). The highest BCUT2D eigenvalue weighted by atomic mass is 15.1. The van der Waals surface area contributed by atoms with Crippen molar-refractivity contribution in [2.24, 2.45) is 0 Å². The molecule has 1 aromatic carbocycles. The van der Waals surface area contributed by atoms with Crippen molar-refractivity contribution in [3.63, 3.8) is 0 Å². The van der Waals surface area contributed by atoms with Gasteiger partial charge in [-0.3, -0.25) is 0 Å². The lowest BCUT2D eigenvalue weighted by Gasteiger charge is -2.29. The molecule has 1 nitrogen and oxygen atoms in total. The van der Waals surface area contributed by atoms with Gasteiger partial charge < -0.3 is 4.90 Å². The van der Waals surface area contributed by atoms with Crippen LogP contribution in [-0.2, 0) is 0 Å². The van der Waals surface area contributed by atoms with Gasteiger partial charge in [0.05, 0.1) is 0 Å². The van der Waals surface area contributed by atoms with Gasteiger partial charge in [-0.25, -0.2) is 0 Å². The van der Waals surface area contributed by atoms with Crippen molar-refractivity contribution in [3.05, 3.63) is 34.9 Å². The lowest BCUT2D eigenvalue weighted by Crippen LogP contribution is -2.29. The van der Waals surface area contributed by atoms with E-state index in [2.05, 4.69) is 44.0 Å². The van der Waals surface area contributed by atoms with E-state index in [4.69, 9.17) is 0 Å². The van der Waals surface area contributed by atoms with Crippen LogP contribution < -0.4 is 0 Å². The van der Waals surface area contributed by atoms with Crippen LogP contribution in [0.4, 0.5) is 0 Å². The molecule has 0 spiro atoms. The average molecular weight is 233 g/mol. The number of piperidine rings is 1. The summed E-state index contributed by atoms with van der Waals surface area (Å²) in [5.41, 5.74) is 4.39. The quantitative estimate of drug-likeness (QED) is 0.704. The van der Waals surface area contributed by atoms with Crippen LogP contribution in [0.2, 0.25) is 0 Å². The minimum atomic E-state index is 0.792. The van der Waals surface area contributed by atoms with E-state index in [1.165, 1.54) is 37.1 Å². The zero-order valence-corrected chi connectivity index (χ0v) is 12.1. The summed E-state index contributed by atoms with van der Waals surface area (Å²) in [6.07, 6.45) is 2.64. The third-order valence-corrected chi connectivity index (χ3v) is 3.72. The first-order valence-corrected chi connectivity index (χ1v) is 6.92. The summed E-state index contributed by atoms with van der Waals surface area (Å²) in [6.45, 7) is 10.9. The Labute approximate surface area is 107 Å². The minimum Gasteiger partial charge on any atom is -0.306 e. The second-order valence-corrected chi connectivity index (χ2v) is 4.92. The van der Waals surface area contributed by atoms with Crippen molar-refractivity contribution in [2.75, 3.05) is 20.1 Å². The molecule has 0 N–H and O–H groups in total. The first-order valence-electron chi connectivity index (χ1n) is 6.92. The molecular weight excluding hydrogens is 206 g/mol. The first kappa shape index (κ1) is 14.2. The smallest absolute Gasteiger partial charge is 0.00159 e. The summed E-state index contributed by atoms with van der Waals surface area (Å²) >= 11 is 0. The highest BCUT2D eigenvalue weighted by Gasteiger charge is 2.18. The number of hydrogen-bond acceptors (Lipinski definition) is 1. The topological polar surface area (TPSA) is 3.24 Å². The monoisotopic (exact) mass is 233 g/mol. The van der Waals surface area contributed by atoms with Gasteiger partial charge in [0.15, 0.2) is 0 Å². The van der Waals surface area contributed by atoms with Gasteiger partial charge in [-0.2, -0.15) is 0 Å². The van der Waals surface area contributed by atoms with Crippen LogP contribution in [0, 0.1) is 13.8 Å². The van der Waals surface area contributed by atoms with Gasteiger partial charge >= 0.3 is 0 Å². The standard InChI is InChI=1S/C14H21N.C2H6/c1-11-4-5-14(10-12(11)2)13-6-8-15(3)9-7-13;1-2/h4-5,10,13H,6-9H2,1-3H3;1-2H3. The molecule has 96 valence electrons. The van der Waals surface area contributed by atoms with Crippen molar-refractivity contribution in [1.29, 1.82) is 0 Å². The van der Waals surface area contributed by atoms with Gasteiger partial charge in [0, 0.05) is 0 Å². The molecule has 0 bridgehead atoms. The lowest BCUT2D eigenvalue weighted by atomic mass is 9.88. The van der Waals surface area contributed by atoms with Crippen LogP contribution in [0.15, 0.2) is 18.2 Å². The van der Waals surface area contributed by atoms with Gasteiger partial charge in [0.25, 0.3) is 0 Å². The Hall–Kier alpha value is -0.820. The fourth-order valence-electron chi connectivity index (χ4n) is 2.36. The van der Waals surface area contributed by atoms with Crippen LogP contribution in [-0.4, -0.2) is 25.0 Å². The number of nitrogens with zero attached hydrogens (tertiary/aromatic N) is 1.